The highest BCUT2D eigenvalue weighted by Crippen LogP contribution is 2.29. The van der Waals surface area contributed by atoms with E-state index in [0.29, 0.717) is 17.0 Å². The number of hydrogen-bond donors (Lipinski definition) is 0. The first-order chi connectivity index (χ1) is 11.5. The van der Waals surface area contributed by atoms with Gasteiger partial charge in [0.1, 0.15) is 22.0 Å². The molecule has 0 radical (unpaired) electrons. The molecule has 124 valence electrons. The molecule has 0 saturated carbocycles. The Kier molecular flexibility index (Phi) is 4.49. The van der Waals surface area contributed by atoms with E-state index in [1.807, 2.05) is 49.6 Å². The lowest BCUT2D eigenvalue weighted by Gasteiger charge is -2.23. The van der Waals surface area contributed by atoms with Gasteiger partial charge in [0.25, 0.3) is 5.91 Å². The van der Waals surface area contributed by atoms with Gasteiger partial charge in [-0.1, -0.05) is 35.5 Å². The second-order valence-electron chi connectivity index (χ2n) is 5.75. The maximum absolute atomic E-state index is 13.0. The van der Waals surface area contributed by atoms with Crippen LogP contribution in [0, 0.1) is 13.8 Å². The first-order valence-electron chi connectivity index (χ1n) is 7.70. The minimum absolute atomic E-state index is 0.117. The Hall–Kier alpha value is -2.47. The first-order valence-corrected chi connectivity index (χ1v) is 8.58. The van der Waals surface area contributed by atoms with E-state index in [2.05, 4.69) is 10.1 Å². The van der Waals surface area contributed by atoms with E-state index >= 15 is 0 Å². The molecule has 0 spiro atoms. The lowest BCUT2D eigenvalue weighted by atomic mass is 10.0. The van der Waals surface area contributed by atoms with Crippen LogP contribution in [0.25, 0.3) is 11.3 Å². The average molecular weight is 341 g/mol. The normalized spacial score (nSPS) is 12.2. The zero-order chi connectivity index (χ0) is 17.3. The summed E-state index contributed by atoms with van der Waals surface area (Å²) in [7, 11) is 1.78. The van der Waals surface area contributed by atoms with Crippen LogP contribution in [0.5, 0.6) is 0 Å². The van der Waals surface area contributed by atoms with Crippen molar-refractivity contribution in [2.75, 3.05) is 7.05 Å². The number of aryl methyl sites for hydroxylation is 2. The summed E-state index contributed by atoms with van der Waals surface area (Å²) in [6.45, 7) is 5.69. The van der Waals surface area contributed by atoms with Crippen LogP contribution in [-0.2, 0) is 0 Å². The largest absolute Gasteiger partial charge is 0.360 e. The highest BCUT2D eigenvalue weighted by molar-refractivity contribution is 7.09. The van der Waals surface area contributed by atoms with Gasteiger partial charge in [0.05, 0.1) is 6.04 Å². The lowest BCUT2D eigenvalue weighted by Crippen LogP contribution is -2.30. The minimum Gasteiger partial charge on any atom is -0.360 e. The molecule has 5 nitrogen and oxygen atoms in total. The maximum atomic E-state index is 13.0. The standard InChI is InChI=1S/C18H19N3O2S/c1-11-10-24-17(19-11)12(2)21(4)18(22)15-13(3)23-20-16(15)14-8-6-5-7-9-14/h5-10,12H,1-4H3/t12-/m1/s1. The van der Waals surface area contributed by atoms with E-state index in [9.17, 15) is 4.79 Å². The maximum Gasteiger partial charge on any atom is 0.260 e. The Morgan fingerprint density at radius 1 is 1.25 bits per heavy atom. The molecule has 1 amide bonds. The highest BCUT2D eigenvalue weighted by Gasteiger charge is 2.28. The molecule has 2 heterocycles. The quantitative estimate of drug-likeness (QED) is 0.712. The van der Waals surface area contributed by atoms with Crippen molar-refractivity contribution < 1.29 is 9.32 Å². The van der Waals surface area contributed by atoms with Crippen LogP contribution < -0.4 is 0 Å². The van der Waals surface area contributed by atoms with Gasteiger partial charge >= 0.3 is 0 Å². The lowest BCUT2D eigenvalue weighted by molar-refractivity contribution is 0.0741. The summed E-state index contributed by atoms with van der Waals surface area (Å²) in [4.78, 5) is 19.2. The number of carbonyl (C=O) groups is 1. The zero-order valence-corrected chi connectivity index (χ0v) is 14.9. The van der Waals surface area contributed by atoms with Gasteiger partial charge < -0.3 is 9.42 Å². The fourth-order valence-electron chi connectivity index (χ4n) is 2.50. The van der Waals surface area contributed by atoms with Crippen molar-refractivity contribution in [3.63, 3.8) is 0 Å². The fourth-order valence-corrected chi connectivity index (χ4v) is 3.39. The molecular weight excluding hydrogens is 322 g/mol. The molecule has 0 saturated heterocycles. The number of aromatic nitrogens is 2. The van der Waals surface area contributed by atoms with Crippen molar-refractivity contribution in [3.05, 3.63) is 57.7 Å². The summed E-state index contributed by atoms with van der Waals surface area (Å²) in [6, 6.07) is 9.48. The van der Waals surface area contributed by atoms with Crippen LogP contribution >= 0.6 is 11.3 Å². The third kappa shape index (κ3) is 2.97. The third-order valence-corrected chi connectivity index (χ3v) is 5.15. The number of benzene rings is 1. The molecular formula is C18H19N3O2S. The second kappa shape index (κ2) is 6.57. The first kappa shape index (κ1) is 16.4. The fraction of sp³-hybridized carbons (Fsp3) is 0.278. The SMILES string of the molecule is Cc1csc([C@@H](C)N(C)C(=O)c2c(-c3ccccc3)noc2C)n1. The molecule has 0 N–H and O–H groups in total. The Balaban J connectivity index is 1.94. The van der Waals surface area contributed by atoms with Crippen molar-refractivity contribution >= 4 is 17.2 Å². The van der Waals surface area contributed by atoms with E-state index < -0.39 is 0 Å². The number of thiazole rings is 1. The van der Waals surface area contributed by atoms with Crippen molar-refractivity contribution in [1.29, 1.82) is 0 Å². The van der Waals surface area contributed by atoms with Crippen molar-refractivity contribution in [2.45, 2.75) is 26.8 Å². The summed E-state index contributed by atoms with van der Waals surface area (Å²) >= 11 is 1.56. The third-order valence-electron chi connectivity index (χ3n) is 4.02. The summed E-state index contributed by atoms with van der Waals surface area (Å²) in [5.41, 5.74) is 2.91. The highest BCUT2D eigenvalue weighted by atomic mass is 32.1. The van der Waals surface area contributed by atoms with E-state index in [1.165, 1.54) is 0 Å². The summed E-state index contributed by atoms with van der Waals surface area (Å²) < 4.78 is 5.30. The van der Waals surface area contributed by atoms with Gasteiger partial charge in [0.2, 0.25) is 0 Å². The Bertz CT molecular complexity index is 854. The van der Waals surface area contributed by atoms with Gasteiger partial charge in [-0.3, -0.25) is 4.79 Å². The minimum atomic E-state index is -0.118. The van der Waals surface area contributed by atoms with Gasteiger partial charge in [0.15, 0.2) is 0 Å². The molecule has 0 unspecified atom stereocenters. The summed E-state index contributed by atoms with van der Waals surface area (Å²) in [5.74, 6) is 0.404. The molecule has 1 atom stereocenters. The molecule has 3 rings (SSSR count). The topological polar surface area (TPSA) is 59.2 Å². The Morgan fingerprint density at radius 2 is 1.96 bits per heavy atom. The molecule has 0 fully saturated rings. The van der Waals surface area contributed by atoms with E-state index in [1.54, 1.807) is 30.2 Å². The number of nitrogens with zero attached hydrogens (tertiary/aromatic N) is 3. The van der Waals surface area contributed by atoms with Gasteiger partial charge in [-0.15, -0.1) is 11.3 Å². The molecule has 0 bridgehead atoms. The number of rotatable bonds is 4. The molecule has 0 aliphatic rings. The van der Waals surface area contributed by atoms with Crippen LogP contribution in [0.15, 0.2) is 40.2 Å². The molecule has 3 aromatic rings. The van der Waals surface area contributed by atoms with E-state index in [-0.39, 0.29) is 11.9 Å². The molecule has 0 aliphatic heterocycles. The van der Waals surface area contributed by atoms with E-state index in [4.69, 9.17) is 4.52 Å². The van der Waals surface area contributed by atoms with Gasteiger partial charge in [0, 0.05) is 23.7 Å². The monoisotopic (exact) mass is 341 g/mol. The molecule has 2 aromatic heterocycles. The Labute approximate surface area is 144 Å². The van der Waals surface area contributed by atoms with Crippen molar-refractivity contribution in [1.82, 2.24) is 15.0 Å². The molecule has 6 heteroatoms. The van der Waals surface area contributed by atoms with Crippen LogP contribution in [0.2, 0.25) is 0 Å². The predicted octanol–water partition coefficient (Wildman–Crippen LogP) is 4.25. The van der Waals surface area contributed by atoms with Crippen molar-refractivity contribution in [2.24, 2.45) is 0 Å². The average Bonchev–Trinajstić information content (AvgIpc) is 3.19. The zero-order valence-electron chi connectivity index (χ0n) is 14.1. The predicted molar refractivity (Wildman–Crippen MR) is 94.0 cm³/mol. The summed E-state index contributed by atoms with van der Waals surface area (Å²) in [5, 5.41) is 7.00. The Morgan fingerprint density at radius 3 is 2.58 bits per heavy atom. The van der Waals surface area contributed by atoms with Crippen LogP contribution in [0.3, 0.4) is 0 Å². The molecule has 0 aliphatic carbocycles. The van der Waals surface area contributed by atoms with Crippen LogP contribution in [0.4, 0.5) is 0 Å². The number of amides is 1. The van der Waals surface area contributed by atoms with Gasteiger partial charge in [-0.25, -0.2) is 4.98 Å². The van der Waals surface area contributed by atoms with E-state index in [0.717, 1.165) is 16.3 Å². The van der Waals surface area contributed by atoms with Crippen molar-refractivity contribution in [3.8, 4) is 11.3 Å². The molecule has 24 heavy (non-hydrogen) atoms. The second-order valence-corrected chi connectivity index (χ2v) is 6.64. The van der Waals surface area contributed by atoms with Gasteiger partial charge in [-0.2, -0.15) is 0 Å². The smallest absolute Gasteiger partial charge is 0.260 e. The van der Waals surface area contributed by atoms with Crippen LogP contribution in [-0.4, -0.2) is 28.0 Å². The van der Waals surface area contributed by atoms with Gasteiger partial charge in [-0.05, 0) is 20.8 Å². The number of hydrogen-bond acceptors (Lipinski definition) is 5. The number of carbonyl (C=O) groups excluding carboxylic acids is 1. The summed E-state index contributed by atoms with van der Waals surface area (Å²) in [6.07, 6.45) is 0. The van der Waals surface area contributed by atoms with Crippen LogP contribution in [0.1, 0.15) is 39.8 Å². The molecule has 1 aromatic carbocycles.